The first-order valence-corrected chi connectivity index (χ1v) is 11.1. The third kappa shape index (κ3) is 9.47. The molecule has 1 amide bonds. The van der Waals surface area contributed by atoms with Crippen molar-refractivity contribution < 1.29 is 23.8 Å². The molecule has 170 valence electrons. The summed E-state index contributed by atoms with van der Waals surface area (Å²) >= 11 is 3.48. The molecule has 0 saturated heterocycles. The van der Waals surface area contributed by atoms with E-state index in [1.165, 1.54) is 0 Å². The van der Waals surface area contributed by atoms with Gasteiger partial charge >= 0.3 is 6.09 Å². The monoisotopic (exact) mass is 485 g/mol. The molecule has 7 heteroatoms. The number of carbonyl (C=O) groups excluding carboxylic acids is 2. The van der Waals surface area contributed by atoms with Gasteiger partial charge in [-0.1, -0.05) is 20.8 Å². The Morgan fingerprint density at radius 1 is 1.17 bits per heavy atom. The molecule has 1 N–H and O–H groups in total. The summed E-state index contributed by atoms with van der Waals surface area (Å²) in [6, 6.07) is 3.55. The summed E-state index contributed by atoms with van der Waals surface area (Å²) in [4.78, 5) is 23.9. The fourth-order valence-electron chi connectivity index (χ4n) is 2.90. The molecule has 0 radical (unpaired) electrons. The maximum absolute atomic E-state index is 12.3. The summed E-state index contributed by atoms with van der Waals surface area (Å²) in [5, 5.41) is 2.99. The zero-order valence-corrected chi connectivity index (χ0v) is 20.9. The number of hydrogen-bond acceptors (Lipinski definition) is 5. The molecule has 0 bridgehead atoms. The van der Waals surface area contributed by atoms with Crippen LogP contribution in [0.5, 0.6) is 5.75 Å². The van der Waals surface area contributed by atoms with E-state index in [9.17, 15) is 9.59 Å². The van der Waals surface area contributed by atoms with Crippen LogP contribution in [0.1, 0.15) is 70.3 Å². The molecule has 6 nitrogen and oxygen atoms in total. The summed E-state index contributed by atoms with van der Waals surface area (Å²) in [7, 11) is 1.66. The molecule has 30 heavy (non-hydrogen) atoms. The van der Waals surface area contributed by atoms with Crippen LogP contribution in [-0.4, -0.2) is 44.3 Å². The first-order valence-electron chi connectivity index (χ1n) is 10.3. The molecule has 0 aliphatic carbocycles. The number of carbonyl (C=O) groups is 2. The number of nitrogens with one attached hydrogen (secondary N) is 1. The van der Waals surface area contributed by atoms with Gasteiger partial charge < -0.3 is 19.5 Å². The minimum Gasteiger partial charge on any atom is -0.492 e. The topological polar surface area (TPSA) is 73.9 Å². The second-order valence-electron chi connectivity index (χ2n) is 9.40. The van der Waals surface area contributed by atoms with Crippen LogP contribution in [0.2, 0.25) is 0 Å². The first-order chi connectivity index (χ1) is 13.9. The molecule has 0 aliphatic heterocycles. The molecule has 0 saturated carbocycles. The molecule has 0 aromatic heterocycles. The van der Waals surface area contributed by atoms with Crippen LogP contribution in [0.3, 0.4) is 0 Å². The van der Waals surface area contributed by atoms with Crippen molar-refractivity contribution in [1.29, 1.82) is 0 Å². The highest BCUT2D eigenvalue weighted by molar-refractivity contribution is 9.10. The van der Waals surface area contributed by atoms with E-state index < -0.39 is 11.7 Å². The third-order valence-electron chi connectivity index (χ3n) is 4.51. The van der Waals surface area contributed by atoms with E-state index in [4.69, 9.17) is 14.2 Å². The normalized spacial score (nSPS) is 12.9. The van der Waals surface area contributed by atoms with Crippen molar-refractivity contribution in [2.24, 2.45) is 5.41 Å². The Labute approximate surface area is 189 Å². The number of benzene rings is 1. The van der Waals surface area contributed by atoms with E-state index in [1.807, 2.05) is 26.8 Å². The molecule has 0 unspecified atom stereocenters. The minimum atomic E-state index is -0.558. The van der Waals surface area contributed by atoms with Gasteiger partial charge in [0.2, 0.25) is 0 Å². The van der Waals surface area contributed by atoms with Crippen LogP contribution in [0.25, 0.3) is 0 Å². The molecule has 1 rings (SSSR count). The number of hydrogen-bond donors (Lipinski definition) is 1. The second kappa shape index (κ2) is 11.7. The van der Waals surface area contributed by atoms with Crippen molar-refractivity contribution in [2.45, 2.75) is 72.4 Å². The number of halogens is 1. The van der Waals surface area contributed by atoms with Crippen molar-refractivity contribution in [3.8, 4) is 5.75 Å². The van der Waals surface area contributed by atoms with Gasteiger partial charge in [-0.25, -0.2) is 4.79 Å². The van der Waals surface area contributed by atoms with E-state index in [-0.39, 0.29) is 11.5 Å². The van der Waals surface area contributed by atoms with Gasteiger partial charge in [-0.2, -0.15) is 0 Å². The molecule has 0 spiro atoms. The lowest BCUT2D eigenvalue weighted by Gasteiger charge is -2.32. The highest BCUT2D eigenvalue weighted by Gasteiger charge is 2.28. The maximum atomic E-state index is 12.3. The highest BCUT2D eigenvalue weighted by Crippen LogP contribution is 2.31. The van der Waals surface area contributed by atoms with E-state index in [0.717, 1.165) is 22.7 Å². The van der Waals surface area contributed by atoms with Gasteiger partial charge in [0, 0.05) is 31.7 Å². The fraction of sp³-hybridized carbons (Fsp3) is 0.652. The Morgan fingerprint density at radius 3 is 2.37 bits per heavy atom. The summed E-state index contributed by atoms with van der Waals surface area (Å²) in [5.41, 5.74) is 0.761. The molecular weight excluding hydrogens is 450 g/mol. The van der Waals surface area contributed by atoms with Gasteiger partial charge in [0.1, 0.15) is 17.6 Å². The number of aldehydes is 1. The highest BCUT2D eigenvalue weighted by atomic mass is 79.9. The van der Waals surface area contributed by atoms with E-state index >= 15 is 0 Å². The van der Waals surface area contributed by atoms with Crippen LogP contribution in [0.15, 0.2) is 16.6 Å². The van der Waals surface area contributed by atoms with Crippen LogP contribution < -0.4 is 10.1 Å². The Morgan fingerprint density at radius 2 is 1.83 bits per heavy atom. The van der Waals surface area contributed by atoms with Crippen molar-refractivity contribution in [1.82, 2.24) is 5.32 Å². The molecule has 0 fully saturated rings. The van der Waals surface area contributed by atoms with Crippen molar-refractivity contribution in [3.63, 3.8) is 0 Å². The predicted octanol–water partition coefficient (Wildman–Crippen LogP) is 5.55. The zero-order chi connectivity index (χ0) is 22.9. The first kappa shape index (κ1) is 26.4. The number of ether oxygens (including phenoxy) is 3. The number of methoxy groups -OCH3 is 1. The largest absolute Gasteiger partial charge is 0.492 e. The number of rotatable bonds is 10. The zero-order valence-electron chi connectivity index (χ0n) is 19.3. The Balaban J connectivity index is 2.93. The minimum absolute atomic E-state index is 0.124. The quantitative estimate of drug-likeness (QED) is 0.347. The lowest BCUT2D eigenvalue weighted by Crippen LogP contribution is -2.46. The molecule has 0 aliphatic rings. The van der Waals surface area contributed by atoms with Crippen LogP contribution >= 0.6 is 15.9 Å². The lowest BCUT2D eigenvalue weighted by atomic mass is 9.83. The SMILES string of the molecule is COCCCOc1cc(CC[C@H](NC(=O)OC(C)(C)C)C(C)(C)C)c(C=O)cc1Br. The molecular formula is C23H36BrNO5. The maximum Gasteiger partial charge on any atom is 0.407 e. The Bertz CT molecular complexity index is 707. The van der Waals surface area contributed by atoms with E-state index in [0.29, 0.717) is 37.4 Å². The molecule has 1 aromatic rings. The number of aryl methyl sites for hydroxylation is 1. The third-order valence-corrected chi connectivity index (χ3v) is 5.13. The van der Waals surface area contributed by atoms with Crippen molar-refractivity contribution in [3.05, 3.63) is 27.7 Å². The predicted molar refractivity (Wildman–Crippen MR) is 122 cm³/mol. The van der Waals surface area contributed by atoms with Gasteiger partial charge in [-0.15, -0.1) is 0 Å². The molecule has 0 heterocycles. The lowest BCUT2D eigenvalue weighted by molar-refractivity contribution is 0.0459. The summed E-state index contributed by atoms with van der Waals surface area (Å²) in [6.45, 7) is 12.9. The summed E-state index contributed by atoms with van der Waals surface area (Å²) < 4.78 is 17.0. The number of alkyl carbamates (subject to hydrolysis) is 1. The smallest absolute Gasteiger partial charge is 0.407 e. The van der Waals surface area contributed by atoms with Gasteiger partial charge in [0.05, 0.1) is 11.1 Å². The summed E-state index contributed by atoms with van der Waals surface area (Å²) in [5.74, 6) is 0.694. The fourth-order valence-corrected chi connectivity index (χ4v) is 3.38. The van der Waals surface area contributed by atoms with Gasteiger partial charge in [0.15, 0.2) is 0 Å². The second-order valence-corrected chi connectivity index (χ2v) is 10.3. The number of amides is 1. The van der Waals surface area contributed by atoms with Crippen molar-refractivity contribution >= 4 is 28.3 Å². The van der Waals surface area contributed by atoms with Gasteiger partial charge in [-0.3, -0.25) is 4.79 Å². The van der Waals surface area contributed by atoms with Crippen molar-refractivity contribution in [2.75, 3.05) is 20.3 Å². The van der Waals surface area contributed by atoms with Gasteiger partial charge in [-0.05, 0) is 72.7 Å². The summed E-state index contributed by atoms with van der Waals surface area (Å²) in [6.07, 6.45) is 2.47. The average Bonchev–Trinajstić information content (AvgIpc) is 2.61. The Hall–Kier alpha value is -1.60. The standard InChI is InChI=1S/C23H36BrNO5/c1-22(2,3)20(25-21(27)30-23(4,5)6)10-9-16-14-19(29-12-8-11-28-7)18(24)13-17(16)15-26/h13-15,20H,8-12H2,1-7H3,(H,25,27)/t20-/m0/s1. The van der Waals surface area contributed by atoms with Crippen LogP contribution in [0.4, 0.5) is 4.79 Å². The molecule has 1 atom stereocenters. The Kier molecular flexibility index (Phi) is 10.3. The molecule has 1 aromatic carbocycles. The average molecular weight is 486 g/mol. The van der Waals surface area contributed by atoms with Crippen LogP contribution in [-0.2, 0) is 15.9 Å². The van der Waals surface area contributed by atoms with Crippen LogP contribution in [0, 0.1) is 5.41 Å². The van der Waals surface area contributed by atoms with Gasteiger partial charge in [0.25, 0.3) is 0 Å². The van der Waals surface area contributed by atoms with E-state index in [1.54, 1.807) is 13.2 Å². The van der Waals surface area contributed by atoms with E-state index in [2.05, 4.69) is 42.0 Å².